The molecular formula is C35H44N8O3. The smallest absolute Gasteiger partial charge is 0.271 e. The zero-order valence-corrected chi connectivity index (χ0v) is 26.7. The Morgan fingerprint density at radius 1 is 0.935 bits per heavy atom. The molecule has 3 saturated heterocycles. The van der Waals surface area contributed by atoms with Crippen LogP contribution in [0.3, 0.4) is 0 Å². The highest BCUT2D eigenvalue weighted by atomic mass is 16.5. The van der Waals surface area contributed by atoms with Crippen LogP contribution in [-0.2, 0) is 4.74 Å². The SMILES string of the molecule is C[C@@H]1[C@H](NC(=O)c2ccc(C3CC3)cc2)CCCN1c1cnc(C(N)=O)c(Nc2ccc(N3CCN(C4COC4)C[C@@H]3C)cc2)n1. The maximum Gasteiger partial charge on any atom is 0.271 e. The summed E-state index contributed by atoms with van der Waals surface area (Å²) in [4.78, 5) is 41.9. The third-order valence-corrected chi connectivity index (χ3v) is 10.1. The number of carbonyl (C=O) groups is 2. The normalized spacial score (nSPS) is 23.9. The average Bonchev–Trinajstić information content (AvgIpc) is 3.88. The number of piperazine rings is 1. The van der Waals surface area contributed by atoms with E-state index in [0.29, 0.717) is 35.2 Å². The predicted molar refractivity (Wildman–Crippen MR) is 179 cm³/mol. The molecule has 1 saturated carbocycles. The Morgan fingerprint density at radius 3 is 2.35 bits per heavy atom. The molecule has 3 aliphatic heterocycles. The lowest BCUT2D eigenvalue weighted by atomic mass is 9.97. The van der Waals surface area contributed by atoms with Crippen LogP contribution >= 0.6 is 0 Å². The van der Waals surface area contributed by atoms with E-state index in [9.17, 15) is 9.59 Å². The molecular weight excluding hydrogens is 580 g/mol. The number of hydrogen-bond donors (Lipinski definition) is 3. The third-order valence-electron chi connectivity index (χ3n) is 10.1. The number of primary amides is 1. The van der Waals surface area contributed by atoms with Crippen molar-refractivity contribution in [1.82, 2.24) is 20.2 Å². The van der Waals surface area contributed by atoms with E-state index in [1.54, 1.807) is 6.20 Å². The minimum Gasteiger partial charge on any atom is -0.378 e. The van der Waals surface area contributed by atoms with E-state index in [1.807, 2.05) is 24.3 Å². The lowest BCUT2D eigenvalue weighted by Gasteiger charge is -2.46. The quantitative estimate of drug-likeness (QED) is 0.325. The number of anilines is 4. The highest BCUT2D eigenvalue weighted by Gasteiger charge is 2.33. The van der Waals surface area contributed by atoms with Crippen molar-refractivity contribution in [2.45, 2.75) is 69.6 Å². The standard InChI is InChI=1S/C35H44N8O3/c1-22-19-41(29-20-46-21-29)16-17-42(22)28-13-11-27(12-14-28)38-34-32(33(36)44)37-18-31(40-34)43-15-3-4-30(23(43)2)39-35(45)26-9-7-25(8-10-26)24-5-6-24/h7-14,18,22-24,29-30H,3-6,15-17,19-21H2,1-2H3,(H2,36,44)(H,38,40)(H,39,45)/t22-,23+,30+/m0/s1. The summed E-state index contributed by atoms with van der Waals surface area (Å²) >= 11 is 0. The van der Waals surface area contributed by atoms with Gasteiger partial charge in [-0.15, -0.1) is 0 Å². The highest BCUT2D eigenvalue weighted by Crippen LogP contribution is 2.40. The van der Waals surface area contributed by atoms with Gasteiger partial charge in [-0.3, -0.25) is 14.5 Å². The Labute approximate surface area is 270 Å². The van der Waals surface area contributed by atoms with Crippen LogP contribution in [0.25, 0.3) is 0 Å². The third kappa shape index (κ3) is 6.39. The van der Waals surface area contributed by atoms with Crippen LogP contribution in [0.4, 0.5) is 23.0 Å². The number of benzene rings is 2. The summed E-state index contributed by atoms with van der Waals surface area (Å²) < 4.78 is 5.39. The molecule has 2 aromatic carbocycles. The molecule has 0 spiro atoms. The zero-order valence-electron chi connectivity index (χ0n) is 26.7. The molecule has 4 N–H and O–H groups in total. The van der Waals surface area contributed by atoms with Gasteiger partial charge in [0.05, 0.1) is 25.5 Å². The monoisotopic (exact) mass is 624 g/mol. The van der Waals surface area contributed by atoms with Gasteiger partial charge < -0.3 is 30.9 Å². The molecule has 0 radical (unpaired) electrons. The number of aromatic nitrogens is 2. The minimum absolute atomic E-state index is 0.0245. The molecule has 3 atom stereocenters. The molecule has 4 fully saturated rings. The van der Waals surface area contributed by atoms with Gasteiger partial charge in [0.25, 0.3) is 11.8 Å². The van der Waals surface area contributed by atoms with Crippen LogP contribution < -0.4 is 26.2 Å². The Morgan fingerprint density at radius 2 is 1.70 bits per heavy atom. The first-order valence-electron chi connectivity index (χ1n) is 16.6. The number of piperidine rings is 1. The summed E-state index contributed by atoms with van der Waals surface area (Å²) in [6.07, 6.45) is 5.84. The van der Waals surface area contributed by atoms with Crippen LogP contribution in [0.2, 0.25) is 0 Å². The lowest BCUT2D eigenvalue weighted by molar-refractivity contribution is -0.0691. The maximum atomic E-state index is 13.1. The Kier molecular flexibility index (Phi) is 8.52. The largest absolute Gasteiger partial charge is 0.378 e. The van der Waals surface area contributed by atoms with Crippen LogP contribution in [0, 0.1) is 0 Å². The van der Waals surface area contributed by atoms with Crippen molar-refractivity contribution in [2.24, 2.45) is 5.73 Å². The fraction of sp³-hybridized carbons (Fsp3) is 0.486. The number of nitrogens with zero attached hydrogens (tertiary/aromatic N) is 5. The minimum atomic E-state index is -0.647. The van der Waals surface area contributed by atoms with Crippen LogP contribution in [0.1, 0.15) is 71.9 Å². The Hall–Kier alpha value is -4.22. The first-order chi connectivity index (χ1) is 22.3. The molecule has 11 heteroatoms. The van der Waals surface area contributed by atoms with Crippen molar-refractivity contribution >= 4 is 34.8 Å². The summed E-state index contributed by atoms with van der Waals surface area (Å²) in [6.45, 7) is 9.81. The molecule has 242 valence electrons. The second kappa shape index (κ2) is 12.9. The van der Waals surface area contributed by atoms with Crippen LogP contribution in [0.5, 0.6) is 0 Å². The molecule has 2 amide bonds. The number of ether oxygens (including phenoxy) is 1. The van der Waals surface area contributed by atoms with E-state index in [1.165, 1.54) is 18.4 Å². The summed E-state index contributed by atoms with van der Waals surface area (Å²) in [5, 5.41) is 6.55. The van der Waals surface area contributed by atoms with Crippen molar-refractivity contribution in [3.63, 3.8) is 0 Å². The van der Waals surface area contributed by atoms with E-state index in [-0.39, 0.29) is 23.7 Å². The molecule has 1 aliphatic carbocycles. The van der Waals surface area contributed by atoms with Crippen LogP contribution in [0.15, 0.2) is 54.7 Å². The summed E-state index contributed by atoms with van der Waals surface area (Å²) in [5.41, 5.74) is 9.74. The molecule has 0 bridgehead atoms. The first-order valence-corrected chi connectivity index (χ1v) is 16.6. The van der Waals surface area contributed by atoms with Gasteiger partial charge in [-0.2, -0.15) is 0 Å². The Balaban J connectivity index is 1.02. The van der Waals surface area contributed by atoms with E-state index in [0.717, 1.165) is 63.6 Å². The molecule has 11 nitrogen and oxygen atoms in total. The predicted octanol–water partition coefficient (Wildman–Crippen LogP) is 3.89. The van der Waals surface area contributed by atoms with Gasteiger partial charge in [-0.25, -0.2) is 9.97 Å². The maximum absolute atomic E-state index is 13.1. The summed E-state index contributed by atoms with van der Waals surface area (Å²) in [7, 11) is 0. The molecule has 1 aromatic heterocycles. The van der Waals surface area contributed by atoms with Crippen molar-refractivity contribution < 1.29 is 14.3 Å². The van der Waals surface area contributed by atoms with Crippen molar-refractivity contribution in [3.8, 4) is 0 Å². The molecule has 4 heterocycles. The van der Waals surface area contributed by atoms with Gasteiger partial charge >= 0.3 is 0 Å². The molecule has 46 heavy (non-hydrogen) atoms. The van der Waals surface area contributed by atoms with Gasteiger partial charge in [0.15, 0.2) is 11.5 Å². The molecule has 7 rings (SSSR count). The number of amides is 2. The van der Waals surface area contributed by atoms with Gasteiger partial charge in [-0.1, -0.05) is 12.1 Å². The summed E-state index contributed by atoms with van der Waals surface area (Å²) in [5.74, 6) is 0.898. The van der Waals surface area contributed by atoms with Crippen molar-refractivity contribution in [3.05, 3.63) is 71.5 Å². The highest BCUT2D eigenvalue weighted by molar-refractivity contribution is 5.96. The van der Waals surface area contributed by atoms with Gasteiger partial charge in [-0.05, 0) is 87.4 Å². The van der Waals surface area contributed by atoms with Crippen LogP contribution in [-0.4, -0.2) is 90.2 Å². The van der Waals surface area contributed by atoms with E-state index in [2.05, 4.69) is 68.4 Å². The molecule has 3 aromatic rings. The van der Waals surface area contributed by atoms with E-state index >= 15 is 0 Å². The number of hydrogen-bond acceptors (Lipinski definition) is 9. The number of carbonyl (C=O) groups excluding carboxylic acids is 2. The number of nitrogens with two attached hydrogens (primary N) is 1. The van der Waals surface area contributed by atoms with E-state index in [4.69, 9.17) is 15.5 Å². The first kappa shape index (κ1) is 30.4. The van der Waals surface area contributed by atoms with Gasteiger partial charge in [0.1, 0.15) is 5.82 Å². The second-order valence-corrected chi connectivity index (χ2v) is 13.2. The topological polar surface area (TPSA) is 129 Å². The van der Waals surface area contributed by atoms with Gasteiger partial charge in [0.2, 0.25) is 0 Å². The second-order valence-electron chi connectivity index (χ2n) is 13.2. The van der Waals surface area contributed by atoms with Crippen molar-refractivity contribution in [2.75, 3.05) is 54.5 Å². The summed E-state index contributed by atoms with van der Waals surface area (Å²) in [6, 6.07) is 17.1. The fourth-order valence-electron chi connectivity index (χ4n) is 7.03. The van der Waals surface area contributed by atoms with Crippen molar-refractivity contribution in [1.29, 1.82) is 0 Å². The molecule has 0 unspecified atom stereocenters. The number of nitrogens with one attached hydrogen (secondary N) is 2. The zero-order chi connectivity index (χ0) is 31.8. The van der Waals surface area contributed by atoms with E-state index < -0.39 is 5.91 Å². The fourth-order valence-corrected chi connectivity index (χ4v) is 7.03. The average molecular weight is 625 g/mol. The van der Waals surface area contributed by atoms with Gasteiger partial charge in [0, 0.05) is 61.2 Å². The molecule has 4 aliphatic rings. The lowest BCUT2D eigenvalue weighted by Crippen LogP contribution is -2.59. The Bertz CT molecular complexity index is 1560. The number of rotatable bonds is 9.